The number of unbranched alkanes of at least 4 members (excludes halogenated alkanes) is 12. The van der Waals surface area contributed by atoms with E-state index in [-0.39, 0.29) is 0 Å². The van der Waals surface area contributed by atoms with Crippen LogP contribution in [0, 0.1) is 11.8 Å². The van der Waals surface area contributed by atoms with E-state index >= 15 is 0 Å². The van der Waals surface area contributed by atoms with Crippen LogP contribution in [-0.4, -0.2) is 26.3 Å². The van der Waals surface area contributed by atoms with Crippen molar-refractivity contribution in [3.8, 4) is 0 Å². The third kappa shape index (κ3) is 21.3. The SMILES string of the molecule is CCCCCCCCCC(C)C[Se][Se]CC(C)CCCCCCCCC. The third-order valence-electron chi connectivity index (χ3n) is 5.39. The van der Waals surface area contributed by atoms with Crippen molar-refractivity contribution in [3.63, 3.8) is 0 Å². The van der Waals surface area contributed by atoms with Crippen LogP contribution in [0.2, 0.25) is 10.6 Å². The molecule has 26 heavy (non-hydrogen) atoms. The van der Waals surface area contributed by atoms with Crippen molar-refractivity contribution in [3.05, 3.63) is 0 Å². The second-order valence-electron chi connectivity index (χ2n) is 8.60. The fraction of sp³-hybridized carbons (Fsp3) is 1.00. The summed E-state index contributed by atoms with van der Waals surface area (Å²) in [7, 11) is 0. The summed E-state index contributed by atoms with van der Waals surface area (Å²) in [5.41, 5.74) is 0. The average molecular weight is 497 g/mol. The molecule has 2 unspecified atom stereocenters. The second kappa shape index (κ2) is 22.3. The van der Waals surface area contributed by atoms with Crippen LogP contribution in [0.1, 0.15) is 130 Å². The van der Waals surface area contributed by atoms with Crippen LogP contribution in [0.15, 0.2) is 0 Å². The van der Waals surface area contributed by atoms with Crippen molar-refractivity contribution >= 4 is 26.3 Å². The van der Waals surface area contributed by atoms with E-state index in [0.29, 0.717) is 0 Å². The number of hydrogen-bond acceptors (Lipinski definition) is 0. The average Bonchev–Trinajstić information content (AvgIpc) is 2.64. The monoisotopic (exact) mass is 498 g/mol. The normalized spacial score (nSPS) is 13.8. The molecule has 0 bridgehead atoms. The maximum atomic E-state index is 2.51. The Hall–Kier alpha value is 1.04. The molecule has 0 aromatic carbocycles. The van der Waals surface area contributed by atoms with Gasteiger partial charge in [0.15, 0.2) is 0 Å². The van der Waals surface area contributed by atoms with Gasteiger partial charge in [0.2, 0.25) is 0 Å². The predicted molar refractivity (Wildman–Crippen MR) is 125 cm³/mol. The Morgan fingerprint density at radius 2 is 0.769 bits per heavy atom. The minimum atomic E-state index is 0.974. The zero-order valence-electron chi connectivity index (χ0n) is 18.7. The fourth-order valence-corrected chi connectivity index (χ4v) is 12.6. The zero-order valence-corrected chi connectivity index (χ0v) is 22.1. The quantitative estimate of drug-likeness (QED) is 0.110. The van der Waals surface area contributed by atoms with Crippen molar-refractivity contribution in [2.75, 3.05) is 0 Å². The van der Waals surface area contributed by atoms with E-state index < -0.39 is 0 Å². The summed E-state index contributed by atoms with van der Waals surface area (Å²) in [6.45, 7) is 9.64. The molecule has 0 aliphatic carbocycles. The molecule has 0 saturated carbocycles. The molecule has 0 nitrogen and oxygen atoms in total. The molecule has 0 saturated heterocycles. The van der Waals surface area contributed by atoms with Crippen molar-refractivity contribution < 1.29 is 0 Å². The Labute approximate surface area is 178 Å². The van der Waals surface area contributed by atoms with Gasteiger partial charge >= 0.3 is 179 Å². The first-order chi connectivity index (χ1) is 12.7. The summed E-state index contributed by atoms with van der Waals surface area (Å²) in [4.78, 5) is 0. The Bertz CT molecular complexity index is 229. The molecule has 0 aliphatic rings. The summed E-state index contributed by atoms with van der Waals surface area (Å²) in [5, 5.41) is 3.12. The molecule has 0 rings (SSSR count). The molecule has 0 amide bonds. The number of hydrogen-bond donors (Lipinski definition) is 0. The summed E-state index contributed by atoms with van der Waals surface area (Å²) >= 11 is 1.95. The van der Waals surface area contributed by atoms with Crippen molar-refractivity contribution in [1.29, 1.82) is 0 Å². The van der Waals surface area contributed by atoms with Gasteiger partial charge in [-0.1, -0.05) is 0 Å². The Morgan fingerprint density at radius 3 is 1.12 bits per heavy atom. The summed E-state index contributed by atoms with van der Waals surface area (Å²) < 4.78 is 0. The Kier molecular flexibility index (Phi) is 23.2. The Morgan fingerprint density at radius 1 is 0.462 bits per heavy atom. The summed E-state index contributed by atoms with van der Waals surface area (Å²) in [6, 6.07) is 0. The van der Waals surface area contributed by atoms with E-state index in [1.807, 2.05) is 0 Å². The van der Waals surface area contributed by atoms with Gasteiger partial charge < -0.3 is 0 Å². The van der Waals surface area contributed by atoms with Crippen LogP contribution < -0.4 is 0 Å². The van der Waals surface area contributed by atoms with Gasteiger partial charge in [-0.2, -0.15) is 0 Å². The van der Waals surface area contributed by atoms with E-state index in [9.17, 15) is 0 Å². The van der Waals surface area contributed by atoms with Crippen LogP contribution >= 0.6 is 0 Å². The van der Waals surface area contributed by atoms with Gasteiger partial charge in [-0.15, -0.1) is 0 Å². The molecule has 0 N–H and O–H groups in total. The molecule has 0 aliphatic heterocycles. The van der Waals surface area contributed by atoms with Crippen LogP contribution in [0.25, 0.3) is 0 Å². The van der Waals surface area contributed by atoms with Crippen molar-refractivity contribution in [2.24, 2.45) is 11.8 Å². The van der Waals surface area contributed by atoms with Gasteiger partial charge in [0.1, 0.15) is 0 Å². The van der Waals surface area contributed by atoms with Crippen LogP contribution in [-0.2, 0) is 0 Å². The topological polar surface area (TPSA) is 0 Å². The molecular weight excluding hydrogens is 446 g/mol. The molecule has 158 valence electrons. The zero-order chi connectivity index (χ0) is 19.3. The molecule has 0 fully saturated rings. The summed E-state index contributed by atoms with van der Waals surface area (Å²) in [6.07, 6.45) is 23.4. The van der Waals surface area contributed by atoms with E-state index in [1.54, 1.807) is 10.6 Å². The van der Waals surface area contributed by atoms with Crippen LogP contribution in [0.3, 0.4) is 0 Å². The molecule has 2 atom stereocenters. The van der Waals surface area contributed by atoms with Gasteiger partial charge in [0.25, 0.3) is 0 Å². The van der Waals surface area contributed by atoms with E-state index in [4.69, 9.17) is 0 Å². The number of rotatable bonds is 21. The van der Waals surface area contributed by atoms with Gasteiger partial charge in [-0.25, -0.2) is 0 Å². The first-order valence-electron chi connectivity index (χ1n) is 11.9. The van der Waals surface area contributed by atoms with E-state index in [1.165, 1.54) is 103 Å². The minimum absolute atomic E-state index is 0.974. The van der Waals surface area contributed by atoms with Crippen molar-refractivity contribution in [2.45, 2.75) is 141 Å². The van der Waals surface area contributed by atoms with Gasteiger partial charge in [0.05, 0.1) is 0 Å². The molecule has 0 aromatic rings. The molecule has 0 spiro atoms. The van der Waals surface area contributed by atoms with Crippen molar-refractivity contribution in [1.82, 2.24) is 0 Å². The molecule has 0 radical (unpaired) electrons. The first-order valence-corrected chi connectivity index (χ1v) is 18.7. The van der Waals surface area contributed by atoms with E-state index in [2.05, 4.69) is 27.7 Å². The standard InChI is InChI=1S/C24H50Se2/c1-5-7-9-11-13-15-17-19-23(3)21-25-26-22-24(4)20-18-16-14-12-10-8-6-2/h23-24H,5-22H2,1-4H3. The van der Waals surface area contributed by atoms with Crippen LogP contribution in [0.5, 0.6) is 0 Å². The Balaban J connectivity index is 3.28. The second-order valence-corrected chi connectivity index (χ2v) is 16.1. The maximum absolute atomic E-state index is 2.51. The van der Waals surface area contributed by atoms with Crippen LogP contribution in [0.4, 0.5) is 0 Å². The van der Waals surface area contributed by atoms with Gasteiger partial charge in [-0.3, -0.25) is 0 Å². The molecule has 0 aromatic heterocycles. The summed E-state index contributed by atoms with van der Waals surface area (Å²) in [5.74, 6) is 2.01. The molecular formula is C24H50Se2. The molecule has 2 heteroatoms. The molecule has 0 heterocycles. The van der Waals surface area contributed by atoms with E-state index in [0.717, 1.165) is 38.1 Å². The fourth-order valence-electron chi connectivity index (χ4n) is 3.40. The predicted octanol–water partition coefficient (Wildman–Crippen LogP) is 8.70. The van der Waals surface area contributed by atoms with Gasteiger partial charge in [0, 0.05) is 0 Å². The van der Waals surface area contributed by atoms with Gasteiger partial charge in [-0.05, 0) is 0 Å². The third-order valence-corrected chi connectivity index (χ3v) is 13.5. The first kappa shape index (κ1) is 27.0.